The van der Waals surface area contributed by atoms with Crippen LogP contribution < -0.4 is 14.8 Å². The van der Waals surface area contributed by atoms with Gasteiger partial charge in [0.2, 0.25) is 0 Å². The zero-order chi connectivity index (χ0) is 13.3. The van der Waals surface area contributed by atoms with Crippen LogP contribution in [0.5, 0.6) is 11.5 Å². The first kappa shape index (κ1) is 12.8. The molecule has 3 nitrogen and oxygen atoms in total. The largest absolute Gasteiger partial charge is 0.486 e. The maximum atomic E-state index is 5.64. The molecule has 1 fully saturated rings. The average Bonchev–Trinajstić information content (AvgIpc) is 3.25. The van der Waals surface area contributed by atoms with Crippen LogP contribution in [-0.2, 0) is 0 Å². The summed E-state index contributed by atoms with van der Waals surface area (Å²) in [5.74, 6) is 1.75. The number of nitrogens with one attached hydrogen (secondary N) is 1. The second-order valence-electron chi connectivity index (χ2n) is 5.86. The number of rotatable bonds is 5. The van der Waals surface area contributed by atoms with E-state index in [1.165, 1.54) is 24.8 Å². The van der Waals surface area contributed by atoms with Crippen molar-refractivity contribution in [1.82, 2.24) is 5.32 Å². The van der Waals surface area contributed by atoms with E-state index in [1.54, 1.807) is 0 Å². The summed E-state index contributed by atoms with van der Waals surface area (Å²) in [5, 5.41) is 3.66. The lowest BCUT2D eigenvalue weighted by Crippen LogP contribution is -2.26. The molecule has 1 heterocycles. The fourth-order valence-electron chi connectivity index (χ4n) is 2.65. The number of hydrogen-bond donors (Lipinski definition) is 1. The first-order chi connectivity index (χ1) is 9.22. The van der Waals surface area contributed by atoms with Gasteiger partial charge in [-0.1, -0.05) is 13.0 Å². The Bertz CT molecular complexity index is 454. The highest BCUT2D eigenvalue weighted by Crippen LogP contribution is 2.48. The third-order valence-corrected chi connectivity index (χ3v) is 4.56. The van der Waals surface area contributed by atoms with Gasteiger partial charge in [-0.3, -0.25) is 0 Å². The van der Waals surface area contributed by atoms with E-state index in [4.69, 9.17) is 9.47 Å². The molecule has 0 saturated heterocycles. The Kier molecular flexibility index (Phi) is 3.40. The van der Waals surface area contributed by atoms with Crippen LogP contribution in [0.15, 0.2) is 18.2 Å². The van der Waals surface area contributed by atoms with Crippen LogP contribution in [0.2, 0.25) is 0 Å². The molecule has 0 amide bonds. The van der Waals surface area contributed by atoms with Crippen molar-refractivity contribution >= 4 is 0 Å². The third kappa shape index (κ3) is 2.71. The number of benzene rings is 1. The Morgan fingerprint density at radius 2 is 1.95 bits per heavy atom. The van der Waals surface area contributed by atoms with E-state index in [0.717, 1.165) is 18.0 Å². The van der Waals surface area contributed by atoms with Crippen molar-refractivity contribution in [3.63, 3.8) is 0 Å². The zero-order valence-corrected chi connectivity index (χ0v) is 11.9. The SMILES string of the molecule is CCC1(CNC(C)c2ccc3c(c2)OCCO3)CC1. The molecule has 1 aromatic rings. The Morgan fingerprint density at radius 1 is 1.21 bits per heavy atom. The van der Waals surface area contributed by atoms with Crippen molar-refractivity contribution in [3.8, 4) is 11.5 Å². The van der Waals surface area contributed by atoms with Gasteiger partial charge in [0, 0.05) is 12.6 Å². The first-order valence-corrected chi connectivity index (χ1v) is 7.35. The van der Waals surface area contributed by atoms with E-state index < -0.39 is 0 Å². The normalized spacial score (nSPS) is 20.9. The summed E-state index contributed by atoms with van der Waals surface area (Å²) in [6.07, 6.45) is 4.04. The van der Waals surface area contributed by atoms with Gasteiger partial charge in [-0.2, -0.15) is 0 Å². The summed E-state index contributed by atoms with van der Waals surface area (Å²) < 4.78 is 11.2. The molecule has 1 N–H and O–H groups in total. The average molecular weight is 261 g/mol. The lowest BCUT2D eigenvalue weighted by molar-refractivity contribution is 0.171. The minimum atomic E-state index is 0.361. The van der Waals surface area contributed by atoms with Gasteiger partial charge in [-0.15, -0.1) is 0 Å². The molecule has 1 aliphatic carbocycles. The van der Waals surface area contributed by atoms with Gasteiger partial charge in [0.25, 0.3) is 0 Å². The molecule has 0 aromatic heterocycles. The van der Waals surface area contributed by atoms with Gasteiger partial charge in [-0.05, 0) is 49.3 Å². The molecule has 19 heavy (non-hydrogen) atoms. The van der Waals surface area contributed by atoms with Gasteiger partial charge in [0.15, 0.2) is 11.5 Å². The van der Waals surface area contributed by atoms with E-state index in [2.05, 4.69) is 31.3 Å². The van der Waals surface area contributed by atoms with Crippen LogP contribution in [0.1, 0.15) is 44.7 Å². The Balaban J connectivity index is 1.64. The van der Waals surface area contributed by atoms with Gasteiger partial charge in [0.1, 0.15) is 13.2 Å². The number of ether oxygens (including phenoxy) is 2. The highest BCUT2D eigenvalue weighted by Gasteiger charge is 2.40. The predicted molar refractivity (Wildman–Crippen MR) is 75.8 cm³/mol. The lowest BCUT2D eigenvalue weighted by atomic mass is 10.0. The fraction of sp³-hybridized carbons (Fsp3) is 0.625. The summed E-state index contributed by atoms with van der Waals surface area (Å²) in [6.45, 7) is 6.94. The maximum Gasteiger partial charge on any atom is 0.161 e. The van der Waals surface area contributed by atoms with E-state index in [1.807, 2.05) is 6.07 Å². The molecule has 1 aliphatic heterocycles. The van der Waals surface area contributed by atoms with Crippen LogP contribution in [-0.4, -0.2) is 19.8 Å². The summed E-state index contributed by atoms with van der Waals surface area (Å²) in [6, 6.07) is 6.63. The van der Waals surface area contributed by atoms with Crippen molar-refractivity contribution in [2.24, 2.45) is 5.41 Å². The molecule has 0 spiro atoms. The van der Waals surface area contributed by atoms with Gasteiger partial charge >= 0.3 is 0 Å². The Morgan fingerprint density at radius 3 is 2.63 bits per heavy atom. The van der Waals surface area contributed by atoms with Crippen LogP contribution in [0, 0.1) is 5.41 Å². The van der Waals surface area contributed by atoms with Crippen LogP contribution >= 0.6 is 0 Å². The quantitative estimate of drug-likeness (QED) is 0.882. The molecule has 1 saturated carbocycles. The summed E-state index contributed by atoms with van der Waals surface area (Å²) in [5.41, 5.74) is 1.86. The second kappa shape index (κ2) is 5.04. The Hall–Kier alpha value is -1.22. The third-order valence-electron chi connectivity index (χ3n) is 4.56. The summed E-state index contributed by atoms with van der Waals surface area (Å²) in [7, 11) is 0. The zero-order valence-electron chi connectivity index (χ0n) is 11.9. The molecule has 1 unspecified atom stereocenters. The van der Waals surface area contributed by atoms with Gasteiger partial charge in [0.05, 0.1) is 0 Å². The van der Waals surface area contributed by atoms with E-state index in [0.29, 0.717) is 24.7 Å². The standard InChI is InChI=1S/C16H23NO2/c1-3-16(6-7-16)11-17-12(2)13-4-5-14-15(10-13)19-9-8-18-14/h4-5,10,12,17H,3,6-9,11H2,1-2H3. The van der Waals surface area contributed by atoms with Crippen molar-refractivity contribution < 1.29 is 9.47 Å². The second-order valence-corrected chi connectivity index (χ2v) is 5.86. The minimum Gasteiger partial charge on any atom is -0.486 e. The molecule has 0 radical (unpaired) electrons. The van der Waals surface area contributed by atoms with Crippen LogP contribution in [0.3, 0.4) is 0 Å². The molecule has 3 rings (SSSR count). The van der Waals surface area contributed by atoms with E-state index in [-0.39, 0.29) is 0 Å². The monoisotopic (exact) mass is 261 g/mol. The maximum absolute atomic E-state index is 5.64. The number of hydrogen-bond acceptors (Lipinski definition) is 3. The summed E-state index contributed by atoms with van der Waals surface area (Å²) >= 11 is 0. The molecule has 0 bridgehead atoms. The van der Waals surface area contributed by atoms with Crippen molar-refractivity contribution in [3.05, 3.63) is 23.8 Å². The summed E-state index contributed by atoms with van der Waals surface area (Å²) in [4.78, 5) is 0. The number of fused-ring (bicyclic) bond motifs is 1. The van der Waals surface area contributed by atoms with Gasteiger partial charge in [-0.25, -0.2) is 0 Å². The highest BCUT2D eigenvalue weighted by molar-refractivity contribution is 5.44. The topological polar surface area (TPSA) is 30.5 Å². The Labute approximate surface area is 115 Å². The lowest BCUT2D eigenvalue weighted by Gasteiger charge is -2.22. The van der Waals surface area contributed by atoms with Gasteiger partial charge < -0.3 is 14.8 Å². The van der Waals surface area contributed by atoms with Crippen molar-refractivity contribution in [2.75, 3.05) is 19.8 Å². The van der Waals surface area contributed by atoms with E-state index in [9.17, 15) is 0 Å². The molecular weight excluding hydrogens is 238 g/mol. The molecule has 1 aromatic carbocycles. The van der Waals surface area contributed by atoms with Crippen molar-refractivity contribution in [2.45, 2.75) is 39.2 Å². The fourth-order valence-corrected chi connectivity index (χ4v) is 2.65. The van der Waals surface area contributed by atoms with Crippen LogP contribution in [0.4, 0.5) is 0 Å². The van der Waals surface area contributed by atoms with Crippen LogP contribution in [0.25, 0.3) is 0 Å². The molecule has 104 valence electrons. The molecule has 1 atom stereocenters. The predicted octanol–water partition coefficient (Wildman–Crippen LogP) is 3.30. The highest BCUT2D eigenvalue weighted by atomic mass is 16.6. The molecule has 2 aliphatic rings. The molecular formula is C16H23NO2. The first-order valence-electron chi connectivity index (χ1n) is 7.35. The van der Waals surface area contributed by atoms with E-state index >= 15 is 0 Å². The molecule has 3 heteroatoms. The minimum absolute atomic E-state index is 0.361. The smallest absolute Gasteiger partial charge is 0.161 e. The van der Waals surface area contributed by atoms with Crippen molar-refractivity contribution in [1.29, 1.82) is 0 Å².